The first-order valence-corrected chi connectivity index (χ1v) is 4.99. The Kier molecular flexibility index (Phi) is 4.03. The van der Waals surface area contributed by atoms with Crippen LogP contribution in [-0.4, -0.2) is 17.7 Å². The molecule has 3 nitrogen and oxygen atoms in total. The van der Waals surface area contributed by atoms with Gasteiger partial charge in [-0.3, -0.25) is 4.99 Å². The number of aliphatic imine (C=N–C) groups is 1. The van der Waals surface area contributed by atoms with Gasteiger partial charge in [-0.2, -0.15) is 0 Å². The molecule has 15 heavy (non-hydrogen) atoms. The Balaban J connectivity index is 2.99. The minimum atomic E-state index is 0.382. The summed E-state index contributed by atoms with van der Waals surface area (Å²) < 4.78 is 0. The molecule has 0 unspecified atom stereocenters. The van der Waals surface area contributed by atoms with Gasteiger partial charge in [0.05, 0.1) is 0 Å². The SMILES string of the molecule is C=N/C=C\c1ccnc(NC(C)C)c1C. The van der Waals surface area contributed by atoms with Crippen LogP contribution in [-0.2, 0) is 0 Å². The third kappa shape index (κ3) is 3.20. The van der Waals surface area contributed by atoms with Gasteiger partial charge in [-0.25, -0.2) is 4.98 Å². The molecule has 0 amide bonds. The molecule has 0 saturated carbocycles. The molecular weight excluding hydrogens is 186 g/mol. The first kappa shape index (κ1) is 11.4. The highest BCUT2D eigenvalue weighted by Gasteiger charge is 2.03. The maximum atomic E-state index is 4.30. The van der Waals surface area contributed by atoms with Gasteiger partial charge >= 0.3 is 0 Å². The molecule has 0 fully saturated rings. The number of pyridine rings is 1. The first-order chi connectivity index (χ1) is 7.15. The Morgan fingerprint density at radius 1 is 1.53 bits per heavy atom. The predicted molar refractivity (Wildman–Crippen MR) is 66.3 cm³/mol. The van der Waals surface area contributed by atoms with Gasteiger partial charge in [0.15, 0.2) is 0 Å². The fourth-order valence-electron chi connectivity index (χ4n) is 1.28. The van der Waals surface area contributed by atoms with Gasteiger partial charge in [0.25, 0.3) is 0 Å². The molecule has 3 heteroatoms. The second-order valence-corrected chi connectivity index (χ2v) is 3.67. The van der Waals surface area contributed by atoms with Crippen molar-refractivity contribution in [2.45, 2.75) is 26.8 Å². The van der Waals surface area contributed by atoms with Crippen LogP contribution in [0.4, 0.5) is 5.82 Å². The maximum absolute atomic E-state index is 4.30. The van der Waals surface area contributed by atoms with Crippen molar-refractivity contribution in [2.24, 2.45) is 4.99 Å². The van der Waals surface area contributed by atoms with Crippen molar-refractivity contribution in [3.05, 3.63) is 29.6 Å². The molecule has 0 aliphatic carbocycles. The van der Waals surface area contributed by atoms with Crippen molar-refractivity contribution in [3.63, 3.8) is 0 Å². The highest BCUT2D eigenvalue weighted by atomic mass is 15.0. The second kappa shape index (κ2) is 5.29. The average Bonchev–Trinajstić information content (AvgIpc) is 2.19. The van der Waals surface area contributed by atoms with Gasteiger partial charge in [-0.15, -0.1) is 0 Å². The van der Waals surface area contributed by atoms with Crippen LogP contribution < -0.4 is 5.32 Å². The number of rotatable bonds is 4. The number of anilines is 1. The van der Waals surface area contributed by atoms with Crippen LogP contribution >= 0.6 is 0 Å². The molecule has 1 heterocycles. The van der Waals surface area contributed by atoms with Gasteiger partial charge < -0.3 is 5.32 Å². The van der Waals surface area contributed by atoms with E-state index in [4.69, 9.17) is 0 Å². The third-order valence-corrected chi connectivity index (χ3v) is 2.03. The molecule has 80 valence electrons. The summed E-state index contributed by atoms with van der Waals surface area (Å²) in [6.07, 6.45) is 5.40. The van der Waals surface area contributed by atoms with E-state index < -0.39 is 0 Å². The molecule has 0 aliphatic heterocycles. The van der Waals surface area contributed by atoms with E-state index in [2.05, 4.69) is 35.9 Å². The minimum absolute atomic E-state index is 0.382. The van der Waals surface area contributed by atoms with E-state index in [0.717, 1.165) is 16.9 Å². The fraction of sp³-hybridized carbons (Fsp3) is 0.333. The molecule has 1 rings (SSSR count). The van der Waals surface area contributed by atoms with E-state index in [1.165, 1.54) is 0 Å². The largest absolute Gasteiger partial charge is 0.368 e. The van der Waals surface area contributed by atoms with Crippen molar-refractivity contribution in [1.82, 2.24) is 4.98 Å². The van der Waals surface area contributed by atoms with E-state index in [1.54, 1.807) is 12.4 Å². The molecular formula is C12H17N3. The lowest BCUT2D eigenvalue weighted by molar-refractivity contribution is 0.885. The smallest absolute Gasteiger partial charge is 0.129 e. The monoisotopic (exact) mass is 203 g/mol. The lowest BCUT2D eigenvalue weighted by Crippen LogP contribution is -2.12. The van der Waals surface area contributed by atoms with Crippen molar-refractivity contribution >= 4 is 18.6 Å². The number of aromatic nitrogens is 1. The third-order valence-electron chi connectivity index (χ3n) is 2.03. The van der Waals surface area contributed by atoms with Crippen LogP contribution in [0.25, 0.3) is 6.08 Å². The summed E-state index contributed by atoms with van der Waals surface area (Å²) in [4.78, 5) is 7.99. The number of nitrogens with one attached hydrogen (secondary N) is 1. The highest BCUT2D eigenvalue weighted by Crippen LogP contribution is 2.17. The fourth-order valence-corrected chi connectivity index (χ4v) is 1.28. The Morgan fingerprint density at radius 2 is 2.27 bits per heavy atom. The molecule has 1 N–H and O–H groups in total. The molecule has 0 saturated heterocycles. The average molecular weight is 203 g/mol. The van der Waals surface area contributed by atoms with Crippen molar-refractivity contribution < 1.29 is 0 Å². The van der Waals surface area contributed by atoms with Gasteiger partial charge in [0.2, 0.25) is 0 Å². The molecule has 0 bridgehead atoms. The normalized spacial score (nSPS) is 10.9. The summed E-state index contributed by atoms with van der Waals surface area (Å²) in [5.41, 5.74) is 2.24. The van der Waals surface area contributed by atoms with Crippen LogP contribution in [0, 0.1) is 6.92 Å². The summed E-state index contributed by atoms with van der Waals surface area (Å²) in [5.74, 6) is 0.927. The van der Waals surface area contributed by atoms with Gasteiger partial charge in [-0.1, -0.05) is 0 Å². The predicted octanol–water partition coefficient (Wildman–Crippen LogP) is 2.88. The zero-order chi connectivity index (χ0) is 11.3. The second-order valence-electron chi connectivity index (χ2n) is 3.67. The van der Waals surface area contributed by atoms with Crippen LogP contribution in [0.1, 0.15) is 25.0 Å². The van der Waals surface area contributed by atoms with E-state index in [1.807, 2.05) is 19.1 Å². The van der Waals surface area contributed by atoms with Gasteiger partial charge in [0, 0.05) is 18.4 Å². The Hall–Kier alpha value is -1.64. The number of hydrogen-bond donors (Lipinski definition) is 1. The van der Waals surface area contributed by atoms with E-state index in [0.29, 0.717) is 6.04 Å². The quantitative estimate of drug-likeness (QED) is 0.764. The lowest BCUT2D eigenvalue weighted by atomic mass is 10.1. The molecule has 0 spiro atoms. The molecule has 0 aromatic carbocycles. The minimum Gasteiger partial charge on any atom is -0.368 e. The van der Waals surface area contributed by atoms with Gasteiger partial charge in [0.1, 0.15) is 5.82 Å². The first-order valence-electron chi connectivity index (χ1n) is 4.99. The highest BCUT2D eigenvalue weighted by molar-refractivity contribution is 5.60. The Bertz CT molecular complexity index is 367. The topological polar surface area (TPSA) is 37.3 Å². The lowest BCUT2D eigenvalue weighted by Gasteiger charge is -2.12. The summed E-state index contributed by atoms with van der Waals surface area (Å²) in [6, 6.07) is 2.34. The van der Waals surface area contributed by atoms with Crippen molar-refractivity contribution in [2.75, 3.05) is 5.32 Å². The van der Waals surface area contributed by atoms with E-state index >= 15 is 0 Å². The summed E-state index contributed by atoms with van der Waals surface area (Å²) >= 11 is 0. The zero-order valence-electron chi connectivity index (χ0n) is 9.49. The van der Waals surface area contributed by atoms with Crippen LogP contribution in [0.2, 0.25) is 0 Å². The van der Waals surface area contributed by atoms with E-state index in [9.17, 15) is 0 Å². The summed E-state index contributed by atoms with van der Waals surface area (Å²) in [7, 11) is 0. The molecule has 1 aromatic heterocycles. The molecule has 0 radical (unpaired) electrons. The van der Waals surface area contributed by atoms with Crippen molar-refractivity contribution in [3.8, 4) is 0 Å². The zero-order valence-corrected chi connectivity index (χ0v) is 9.49. The molecule has 0 aliphatic rings. The van der Waals surface area contributed by atoms with Crippen molar-refractivity contribution in [1.29, 1.82) is 0 Å². The molecule has 1 aromatic rings. The Morgan fingerprint density at radius 3 is 2.87 bits per heavy atom. The Labute approximate surface area is 91.0 Å². The number of nitrogens with zero attached hydrogens (tertiary/aromatic N) is 2. The summed E-state index contributed by atoms with van der Waals surface area (Å²) in [5, 5.41) is 3.30. The summed E-state index contributed by atoms with van der Waals surface area (Å²) in [6.45, 7) is 9.63. The van der Waals surface area contributed by atoms with Crippen LogP contribution in [0.5, 0.6) is 0 Å². The van der Waals surface area contributed by atoms with Crippen LogP contribution in [0.3, 0.4) is 0 Å². The van der Waals surface area contributed by atoms with Gasteiger partial charge in [-0.05, 0) is 50.8 Å². The number of hydrogen-bond acceptors (Lipinski definition) is 3. The van der Waals surface area contributed by atoms with E-state index in [-0.39, 0.29) is 0 Å². The standard InChI is InChI=1S/C12H17N3/c1-9(2)15-12-10(3)11(5-7-13-4)6-8-14-12/h5-9H,4H2,1-3H3,(H,14,15)/b7-5-. The van der Waals surface area contributed by atoms with Crippen LogP contribution in [0.15, 0.2) is 23.5 Å². The molecule has 0 atom stereocenters. The maximum Gasteiger partial charge on any atom is 0.129 e.